The lowest BCUT2D eigenvalue weighted by Crippen LogP contribution is -2.22. The van der Waals surface area contributed by atoms with Crippen LogP contribution < -0.4 is 5.32 Å². The van der Waals surface area contributed by atoms with Crippen LogP contribution in [0.15, 0.2) is 28.8 Å². The number of anilines is 1. The van der Waals surface area contributed by atoms with Crippen LogP contribution in [-0.2, 0) is 12.1 Å². The second-order valence-electron chi connectivity index (χ2n) is 5.81. The van der Waals surface area contributed by atoms with E-state index in [4.69, 9.17) is 16.0 Å². The summed E-state index contributed by atoms with van der Waals surface area (Å²) in [4.78, 5) is 4.33. The smallest absolute Gasteiger partial charge is 0.296 e. The number of hydrogen-bond acceptors (Lipinski definition) is 5. The first-order valence-corrected chi connectivity index (χ1v) is 7.01. The van der Waals surface area contributed by atoms with E-state index in [0.29, 0.717) is 23.2 Å². The van der Waals surface area contributed by atoms with Crippen molar-refractivity contribution in [2.45, 2.75) is 32.9 Å². The maximum atomic E-state index is 5.92. The molecule has 0 atom stereocenters. The third-order valence-corrected chi connectivity index (χ3v) is 3.23. The summed E-state index contributed by atoms with van der Waals surface area (Å²) in [6.07, 6.45) is 1.91. The van der Waals surface area contributed by atoms with E-state index in [2.05, 4.69) is 41.4 Å². The molecule has 0 bridgehead atoms. The number of hydrogen-bond donors (Lipinski definition) is 1. The van der Waals surface area contributed by atoms with Crippen LogP contribution in [-0.4, -0.2) is 20.0 Å². The zero-order valence-electron chi connectivity index (χ0n) is 12.1. The number of nitrogens with zero attached hydrogens (tertiary/aromatic N) is 4. The fraction of sp³-hybridized carbons (Fsp3) is 0.357. The molecule has 1 N–H and O–H groups in total. The lowest BCUT2D eigenvalue weighted by Gasteiger charge is -2.17. The lowest BCUT2D eigenvalue weighted by atomic mass is 10.1. The van der Waals surface area contributed by atoms with Crippen LogP contribution in [0.1, 0.15) is 26.5 Å². The van der Waals surface area contributed by atoms with Crippen molar-refractivity contribution in [3.8, 4) is 0 Å². The Morgan fingerprint density at radius 2 is 2.14 bits per heavy atom. The van der Waals surface area contributed by atoms with Gasteiger partial charge in [-0.05, 0) is 39.0 Å². The van der Waals surface area contributed by atoms with Crippen molar-refractivity contribution < 1.29 is 4.42 Å². The molecule has 7 heteroatoms. The predicted octanol–water partition coefficient (Wildman–Crippen LogP) is 3.44. The average molecular weight is 306 g/mol. The van der Waals surface area contributed by atoms with E-state index in [1.165, 1.54) is 0 Å². The standard InChI is InChI=1S/C14H16ClN5O/c1-14(2,3)20-8-10(18-19-20)7-16-13-17-11-6-9(15)4-5-12(11)21-13/h4-6,8H,7H2,1-3H3,(H,16,17). The maximum absolute atomic E-state index is 5.92. The summed E-state index contributed by atoms with van der Waals surface area (Å²) in [5, 5.41) is 12.0. The van der Waals surface area contributed by atoms with E-state index in [9.17, 15) is 0 Å². The molecule has 1 aromatic carbocycles. The molecular weight excluding hydrogens is 290 g/mol. The molecule has 0 aliphatic carbocycles. The minimum atomic E-state index is -0.0837. The van der Waals surface area contributed by atoms with Crippen LogP contribution in [0.4, 0.5) is 6.01 Å². The van der Waals surface area contributed by atoms with Gasteiger partial charge in [-0.15, -0.1) is 5.10 Å². The zero-order valence-corrected chi connectivity index (χ0v) is 12.8. The van der Waals surface area contributed by atoms with Crippen LogP contribution in [0.5, 0.6) is 0 Å². The molecule has 0 radical (unpaired) electrons. The number of nitrogens with one attached hydrogen (secondary N) is 1. The summed E-state index contributed by atoms with van der Waals surface area (Å²) in [6, 6.07) is 5.78. The highest BCUT2D eigenvalue weighted by atomic mass is 35.5. The van der Waals surface area contributed by atoms with Gasteiger partial charge in [-0.1, -0.05) is 16.8 Å². The SMILES string of the molecule is CC(C)(C)n1cc(CNc2nc3cc(Cl)ccc3o2)nn1. The Bertz CT molecular complexity index is 771. The number of rotatable bonds is 3. The van der Waals surface area contributed by atoms with Crippen molar-refractivity contribution in [1.29, 1.82) is 0 Å². The van der Waals surface area contributed by atoms with Crippen molar-refractivity contribution in [1.82, 2.24) is 20.0 Å². The molecule has 0 amide bonds. The fourth-order valence-corrected chi connectivity index (χ4v) is 2.02. The van der Waals surface area contributed by atoms with Gasteiger partial charge in [0.05, 0.1) is 18.3 Å². The molecule has 0 saturated heterocycles. The molecule has 2 aromatic heterocycles. The molecule has 110 valence electrons. The molecule has 0 spiro atoms. The van der Waals surface area contributed by atoms with E-state index in [1.807, 2.05) is 10.9 Å². The van der Waals surface area contributed by atoms with Crippen molar-refractivity contribution in [2.24, 2.45) is 0 Å². The van der Waals surface area contributed by atoms with Crippen LogP contribution in [0.3, 0.4) is 0 Å². The lowest BCUT2D eigenvalue weighted by molar-refractivity contribution is 0.347. The Kier molecular flexibility index (Phi) is 3.33. The number of halogens is 1. The summed E-state index contributed by atoms with van der Waals surface area (Å²) < 4.78 is 7.41. The minimum absolute atomic E-state index is 0.0837. The van der Waals surface area contributed by atoms with Gasteiger partial charge in [0, 0.05) is 5.02 Å². The first-order chi connectivity index (χ1) is 9.91. The van der Waals surface area contributed by atoms with Crippen molar-refractivity contribution in [2.75, 3.05) is 5.32 Å². The summed E-state index contributed by atoms with van der Waals surface area (Å²) in [7, 11) is 0. The Labute approximate surface area is 127 Å². The second-order valence-corrected chi connectivity index (χ2v) is 6.25. The third kappa shape index (κ3) is 3.00. The van der Waals surface area contributed by atoms with E-state index in [1.54, 1.807) is 18.2 Å². The van der Waals surface area contributed by atoms with Crippen LogP contribution in [0, 0.1) is 0 Å². The molecule has 3 aromatic rings. The normalized spacial score (nSPS) is 12.0. The first kappa shape index (κ1) is 13.9. The molecule has 0 unspecified atom stereocenters. The van der Waals surface area contributed by atoms with E-state index in [-0.39, 0.29) is 5.54 Å². The minimum Gasteiger partial charge on any atom is -0.424 e. The van der Waals surface area contributed by atoms with Crippen molar-refractivity contribution in [3.05, 3.63) is 35.1 Å². The van der Waals surface area contributed by atoms with Gasteiger partial charge in [-0.3, -0.25) is 0 Å². The van der Waals surface area contributed by atoms with E-state index in [0.717, 1.165) is 11.2 Å². The topological polar surface area (TPSA) is 68.8 Å². The fourth-order valence-electron chi connectivity index (χ4n) is 1.85. The Balaban J connectivity index is 1.73. The molecule has 3 rings (SSSR count). The summed E-state index contributed by atoms with van der Waals surface area (Å²) in [5.74, 6) is 0. The predicted molar refractivity (Wildman–Crippen MR) is 81.4 cm³/mol. The van der Waals surface area contributed by atoms with Crippen LogP contribution in [0.25, 0.3) is 11.1 Å². The van der Waals surface area contributed by atoms with Crippen molar-refractivity contribution in [3.63, 3.8) is 0 Å². The number of fused-ring (bicyclic) bond motifs is 1. The Morgan fingerprint density at radius 1 is 1.33 bits per heavy atom. The molecule has 21 heavy (non-hydrogen) atoms. The highest BCUT2D eigenvalue weighted by Crippen LogP contribution is 2.22. The second kappa shape index (κ2) is 5.04. The zero-order chi connectivity index (χ0) is 15.0. The highest BCUT2D eigenvalue weighted by molar-refractivity contribution is 6.31. The quantitative estimate of drug-likeness (QED) is 0.802. The van der Waals surface area contributed by atoms with Gasteiger partial charge >= 0.3 is 0 Å². The largest absolute Gasteiger partial charge is 0.424 e. The highest BCUT2D eigenvalue weighted by Gasteiger charge is 2.15. The molecule has 0 aliphatic heterocycles. The third-order valence-electron chi connectivity index (χ3n) is 3.00. The molecular formula is C14H16ClN5O. The van der Waals surface area contributed by atoms with Gasteiger partial charge in [0.1, 0.15) is 11.2 Å². The van der Waals surface area contributed by atoms with Gasteiger partial charge in [0.25, 0.3) is 6.01 Å². The van der Waals surface area contributed by atoms with E-state index < -0.39 is 0 Å². The van der Waals surface area contributed by atoms with E-state index >= 15 is 0 Å². The summed E-state index contributed by atoms with van der Waals surface area (Å²) in [5.41, 5.74) is 2.16. The van der Waals surface area contributed by atoms with Crippen LogP contribution >= 0.6 is 11.6 Å². The first-order valence-electron chi connectivity index (χ1n) is 6.63. The van der Waals surface area contributed by atoms with Crippen LogP contribution in [0.2, 0.25) is 5.02 Å². The number of oxazole rings is 1. The van der Waals surface area contributed by atoms with Gasteiger partial charge in [-0.2, -0.15) is 4.98 Å². The van der Waals surface area contributed by atoms with Gasteiger partial charge in [0.2, 0.25) is 0 Å². The monoisotopic (exact) mass is 305 g/mol. The van der Waals surface area contributed by atoms with Gasteiger partial charge in [-0.25, -0.2) is 4.68 Å². The Morgan fingerprint density at radius 3 is 2.86 bits per heavy atom. The molecule has 2 heterocycles. The van der Waals surface area contributed by atoms with Crippen molar-refractivity contribution >= 4 is 28.7 Å². The molecule has 0 fully saturated rings. The average Bonchev–Trinajstić information content (AvgIpc) is 3.01. The van der Waals surface area contributed by atoms with Gasteiger partial charge < -0.3 is 9.73 Å². The van der Waals surface area contributed by atoms with Gasteiger partial charge in [0.15, 0.2) is 5.58 Å². The number of aromatic nitrogens is 4. The molecule has 6 nitrogen and oxygen atoms in total. The summed E-state index contributed by atoms with van der Waals surface area (Å²) >= 11 is 5.92. The number of benzene rings is 1. The maximum Gasteiger partial charge on any atom is 0.296 e. The Hall–Kier alpha value is -2.08. The molecule has 0 aliphatic rings. The summed E-state index contributed by atoms with van der Waals surface area (Å²) in [6.45, 7) is 6.72. The molecule has 0 saturated carbocycles.